The van der Waals surface area contributed by atoms with E-state index in [1.54, 1.807) is 19.2 Å². The molecule has 0 bridgehead atoms. The summed E-state index contributed by atoms with van der Waals surface area (Å²) in [4.78, 5) is 12.2. The van der Waals surface area contributed by atoms with Crippen LogP contribution in [0.25, 0.3) is 0 Å². The monoisotopic (exact) mass is 403 g/mol. The van der Waals surface area contributed by atoms with Gasteiger partial charge in [-0.05, 0) is 67.6 Å². The molecule has 0 heterocycles. The van der Waals surface area contributed by atoms with Crippen molar-refractivity contribution in [1.29, 1.82) is 0 Å². The Morgan fingerprint density at radius 3 is 2.36 bits per heavy atom. The lowest BCUT2D eigenvalue weighted by Crippen LogP contribution is -2.29. The summed E-state index contributed by atoms with van der Waals surface area (Å²) in [5.41, 5.74) is 7.21. The lowest BCUT2D eigenvalue weighted by atomic mass is 10.1. The first kappa shape index (κ1) is 20.2. The summed E-state index contributed by atoms with van der Waals surface area (Å²) in [6.45, 7) is 0. The Balaban J connectivity index is 1.40. The quantitative estimate of drug-likeness (QED) is 0.530. The maximum Gasteiger partial charge on any atom is 0.240 e. The molecule has 7 nitrogen and oxygen atoms in total. The van der Waals surface area contributed by atoms with Crippen molar-refractivity contribution in [3.63, 3.8) is 0 Å². The molecule has 8 heteroatoms. The zero-order chi connectivity index (χ0) is 20.0. The fourth-order valence-corrected chi connectivity index (χ4v) is 3.96. The summed E-state index contributed by atoms with van der Waals surface area (Å²) >= 11 is 0. The van der Waals surface area contributed by atoms with E-state index in [9.17, 15) is 13.2 Å². The SMILES string of the molecule is COc1ccc(CCCC(=O)NNc2ccc(S(=O)(=O)NC3CC3)cc2)cc1. The van der Waals surface area contributed by atoms with Crippen LogP contribution in [-0.4, -0.2) is 27.5 Å². The van der Waals surface area contributed by atoms with Crippen molar-refractivity contribution in [2.45, 2.75) is 43.0 Å². The lowest BCUT2D eigenvalue weighted by molar-refractivity contribution is -0.120. The summed E-state index contributed by atoms with van der Waals surface area (Å²) in [6.07, 6.45) is 3.70. The standard InChI is InChI=1S/C20H25N3O4S/c1-27-18-11-5-15(6-12-18)3-2-4-20(24)22-21-16-9-13-19(14-10-16)28(25,26)23-17-7-8-17/h5-6,9-14,17,21,23H,2-4,7-8H2,1H3,(H,22,24). The zero-order valence-electron chi connectivity index (χ0n) is 15.8. The number of nitrogens with one attached hydrogen (secondary N) is 3. The number of carbonyl (C=O) groups is 1. The van der Waals surface area contributed by atoms with E-state index < -0.39 is 10.0 Å². The molecule has 0 spiro atoms. The predicted molar refractivity (Wildman–Crippen MR) is 107 cm³/mol. The number of rotatable bonds is 10. The van der Waals surface area contributed by atoms with Gasteiger partial charge in [-0.1, -0.05) is 12.1 Å². The minimum Gasteiger partial charge on any atom is -0.497 e. The van der Waals surface area contributed by atoms with Gasteiger partial charge in [-0.25, -0.2) is 13.1 Å². The third-order valence-electron chi connectivity index (χ3n) is 4.44. The van der Waals surface area contributed by atoms with E-state index in [2.05, 4.69) is 15.6 Å². The van der Waals surface area contributed by atoms with Crippen molar-refractivity contribution < 1.29 is 17.9 Å². The van der Waals surface area contributed by atoms with Gasteiger partial charge >= 0.3 is 0 Å². The minimum atomic E-state index is -3.46. The van der Waals surface area contributed by atoms with Gasteiger partial charge in [-0.2, -0.15) is 0 Å². The number of sulfonamides is 1. The molecule has 1 fully saturated rings. The number of ether oxygens (including phenoxy) is 1. The zero-order valence-corrected chi connectivity index (χ0v) is 16.6. The van der Waals surface area contributed by atoms with Gasteiger partial charge in [0.15, 0.2) is 0 Å². The third kappa shape index (κ3) is 5.97. The second-order valence-corrected chi connectivity index (χ2v) is 8.51. The molecule has 0 saturated heterocycles. The normalized spacial score (nSPS) is 13.8. The van der Waals surface area contributed by atoms with Crippen molar-refractivity contribution in [3.05, 3.63) is 54.1 Å². The predicted octanol–water partition coefficient (Wildman–Crippen LogP) is 2.60. The topological polar surface area (TPSA) is 96.5 Å². The van der Waals surface area contributed by atoms with Gasteiger partial charge in [0.05, 0.1) is 17.7 Å². The molecule has 2 aromatic carbocycles. The highest BCUT2D eigenvalue weighted by atomic mass is 32.2. The van der Waals surface area contributed by atoms with Gasteiger partial charge < -0.3 is 4.74 Å². The molecule has 150 valence electrons. The molecule has 0 aromatic heterocycles. The number of carbonyl (C=O) groups excluding carboxylic acids is 1. The fraction of sp³-hybridized carbons (Fsp3) is 0.350. The summed E-state index contributed by atoms with van der Waals surface area (Å²) in [7, 11) is -1.83. The first-order chi connectivity index (χ1) is 13.5. The lowest BCUT2D eigenvalue weighted by Gasteiger charge is -2.10. The number of hydrogen-bond acceptors (Lipinski definition) is 5. The van der Waals surface area contributed by atoms with Crippen LogP contribution in [0.5, 0.6) is 5.75 Å². The van der Waals surface area contributed by atoms with Crippen LogP contribution >= 0.6 is 0 Å². The molecule has 1 amide bonds. The van der Waals surface area contributed by atoms with E-state index in [1.165, 1.54) is 12.1 Å². The number of amides is 1. The van der Waals surface area contributed by atoms with Crippen LogP contribution in [0, 0.1) is 0 Å². The first-order valence-electron chi connectivity index (χ1n) is 9.26. The van der Waals surface area contributed by atoms with Crippen molar-refractivity contribution in [1.82, 2.24) is 10.1 Å². The van der Waals surface area contributed by atoms with Gasteiger partial charge in [0.2, 0.25) is 15.9 Å². The van der Waals surface area contributed by atoms with E-state index >= 15 is 0 Å². The molecule has 0 atom stereocenters. The van der Waals surface area contributed by atoms with E-state index in [1.807, 2.05) is 24.3 Å². The Labute approximate surface area is 165 Å². The van der Waals surface area contributed by atoms with Gasteiger partial charge in [-0.3, -0.25) is 15.6 Å². The third-order valence-corrected chi connectivity index (χ3v) is 5.97. The highest BCUT2D eigenvalue weighted by Gasteiger charge is 2.27. The van der Waals surface area contributed by atoms with Crippen LogP contribution in [0.1, 0.15) is 31.2 Å². The van der Waals surface area contributed by atoms with Gasteiger partial charge in [-0.15, -0.1) is 0 Å². The van der Waals surface area contributed by atoms with Crippen LogP contribution in [-0.2, 0) is 21.2 Å². The van der Waals surface area contributed by atoms with E-state index in [-0.39, 0.29) is 16.8 Å². The van der Waals surface area contributed by atoms with Gasteiger partial charge in [0, 0.05) is 12.5 Å². The van der Waals surface area contributed by atoms with Crippen molar-refractivity contribution in [3.8, 4) is 5.75 Å². The summed E-state index contributed by atoms with van der Waals surface area (Å²) in [5.74, 6) is 0.688. The van der Waals surface area contributed by atoms with Crippen LogP contribution in [0.2, 0.25) is 0 Å². The Hall–Kier alpha value is -2.58. The molecule has 3 rings (SSSR count). The van der Waals surface area contributed by atoms with Crippen LogP contribution < -0.4 is 20.3 Å². The maximum atomic E-state index is 12.1. The largest absolute Gasteiger partial charge is 0.497 e. The Morgan fingerprint density at radius 1 is 1.07 bits per heavy atom. The molecule has 28 heavy (non-hydrogen) atoms. The molecule has 3 N–H and O–H groups in total. The summed E-state index contributed by atoms with van der Waals surface area (Å²) in [5, 5.41) is 0. The van der Waals surface area contributed by atoms with Crippen molar-refractivity contribution >= 4 is 21.6 Å². The van der Waals surface area contributed by atoms with Crippen LogP contribution in [0.4, 0.5) is 5.69 Å². The average Bonchev–Trinajstić information content (AvgIpc) is 3.50. The van der Waals surface area contributed by atoms with Crippen LogP contribution in [0.3, 0.4) is 0 Å². The average molecular weight is 404 g/mol. The highest BCUT2D eigenvalue weighted by Crippen LogP contribution is 2.22. The fourth-order valence-electron chi connectivity index (χ4n) is 2.66. The van der Waals surface area contributed by atoms with Gasteiger partial charge in [0.25, 0.3) is 0 Å². The summed E-state index contributed by atoms with van der Waals surface area (Å²) in [6, 6.07) is 14.1. The molecule has 2 aromatic rings. The number of hydrogen-bond donors (Lipinski definition) is 3. The molecule has 0 unspecified atom stereocenters. The van der Waals surface area contributed by atoms with E-state index in [4.69, 9.17) is 4.74 Å². The smallest absolute Gasteiger partial charge is 0.240 e. The van der Waals surface area contributed by atoms with Crippen molar-refractivity contribution in [2.75, 3.05) is 12.5 Å². The minimum absolute atomic E-state index is 0.0694. The van der Waals surface area contributed by atoms with Crippen LogP contribution in [0.15, 0.2) is 53.4 Å². The molecular weight excluding hydrogens is 378 g/mol. The number of methoxy groups -OCH3 is 1. The number of anilines is 1. The molecule has 0 radical (unpaired) electrons. The van der Waals surface area contributed by atoms with E-state index in [0.717, 1.165) is 37.0 Å². The summed E-state index contributed by atoms with van der Waals surface area (Å²) < 4.78 is 32.0. The number of aryl methyl sites for hydroxylation is 1. The maximum absolute atomic E-state index is 12.1. The molecule has 1 aliphatic carbocycles. The first-order valence-corrected chi connectivity index (χ1v) is 10.7. The van der Waals surface area contributed by atoms with E-state index in [0.29, 0.717) is 12.1 Å². The Kier molecular flexibility index (Phi) is 6.53. The van der Waals surface area contributed by atoms with Crippen molar-refractivity contribution in [2.24, 2.45) is 0 Å². The Morgan fingerprint density at radius 2 is 1.75 bits per heavy atom. The highest BCUT2D eigenvalue weighted by molar-refractivity contribution is 7.89. The molecule has 1 aliphatic rings. The molecule has 1 saturated carbocycles. The second kappa shape index (κ2) is 9.07. The number of benzene rings is 2. The number of hydrazine groups is 1. The molecular formula is C20H25N3O4S. The second-order valence-electron chi connectivity index (χ2n) is 6.79. The molecule has 0 aliphatic heterocycles. The van der Waals surface area contributed by atoms with Gasteiger partial charge in [0.1, 0.15) is 5.75 Å². The Bertz CT molecular complexity index is 892.